The van der Waals surface area contributed by atoms with Crippen molar-refractivity contribution >= 4 is 29.1 Å². The van der Waals surface area contributed by atoms with E-state index in [1.807, 2.05) is 37.3 Å². The Balaban J connectivity index is 1.86. The van der Waals surface area contributed by atoms with Gasteiger partial charge in [0.05, 0.1) is 12.6 Å². The van der Waals surface area contributed by atoms with E-state index in [1.165, 1.54) is 6.92 Å². The third kappa shape index (κ3) is 7.38. The lowest BCUT2D eigenvalue weighted by Gasteiger charge is -2.26. The zero-order valence-corrected chi connectivity index (χ0v) is 17.1. The van der Waals surface area contributed by atoms with Gasteiger partial charge in [-0.3, -0.25) is 19.3 Å². The van der Waals surface area contributed by atoms with Crippen molar-refractivity contribution in [3.05, 3.63) is 60.2 Å². The van der Waals surface area contributed by atoms with Crippen molar-refractivity contribution in [3.8, 4) is 0 Å². The number of hydrogen-bond donors (Lipinski definition) is 3. The summed E-state index contributed by atoms with van der Waals surface area (Å²) in [6, 6.07) is 16.1. The van der Waals surface area contributed by atoms with Crippen LogP contribution in [0.4, 0.5) is 11.4 Å². The van der Waals surface area contributed by atoms with Crippen LogP contribution in [0, 0.1) is 0 Å². The number of nitrogens with zero attached hydrogens (tertiary/aromatic N) is 1. The summed E-state index contributed by atoms with van der Waals surface area (Å²) in [5.41, 5.74) is 2.31. The van der Waals surface area contributed by atoms with Gasteiger partial charge in [0.25, 0.3) is 0 Å². The number of nitrogens with one attached hydrogen (secondary N) is 3. The molecule has 0 saturated carbocycles. The van der Waals surface area contributed by atoms with Gasteiger partial charge in [0.15, 0.2) is 0 Å². The van der Waals surface area contributed by atoms with Crippen LogP contribution in [0.25, 0.3) is 0 Å². The Morgan fingerprint density at radius 1 is 0.931 bits per heavy atom. The summed E-state index contributed by atoms with van der Waals surface area (Å²) in [6.45, 7) is 6.26. The zero-order chi connectivity index (χ0) is 21.2. The van der Waals surface area contributed by atoms with Crippen LogP contribution in [-0.4, -0.2) is 41.8 Å². The minimum atomic E-state index is -0.434. The van der Waals surface area contributed by atoms with Crippen LogP contribution in [0.5, 0.6) is 0 Å². The minimum absolute atomic E-state index is 0.101. The molecule has 0 aliphatic carbocycles. The first kappa shape index (κ1) is 22.1. The van der Waals surface area contributed by atoms with Gasteiger partial charge in [-0.25, -0.2) is 0 Å². The summed E-state index contributed by atoms with van der Waals surface area (Å²) >= 11 is 0. The second-order valence-corrected chi connectivity index (χ2v) is 6.75. The molecule has 0 saturated heterocycles. The monoisotopic (exact) mass is 396 g/mol. The molecule has 1 atom stereocenters. The highest BCUT2D eigenvalue weighted by Crippen LogP contribution is 2.13. The van der Waals surface area contributed by atoms with Crippen molar-refractivity contribution in [2.24, 2.45) is 0 Å². The van der Waals surface area contributed by atoms with Crippen molar-refractivity contribution in [1.29, 1.82) is 0 Å². The zero-order valence-electron chi connectivity index (χ0n) is 17.1. The fourth-order valence-electron chi connectivity index (χ4n) is 2.85. The Morgan fingerprint density at radius 3 is 2.07 bits per heavy atom. The molecule has 0 aromatic heterocycles. The molecule has 0 aliphatic heterocycles. The largest absolute Gasteiger partial charge is 0.351 e. The minimum Gasteiger partial charge on any atom is -0.351 e. The molecule has 2 rings (SSSR count). The molecule has 0 fully saturated rings. The number of carbonyl (C=O) groups is 3. The standard InChI is InChI=1S/C22H28N4O3/c1-4-26(16(2)22(29)23-14-18-8-6-5-7-9-18)15-21(28)25-20-12-10-19(11-13-20)24-17(3)27/h5-13,16H,4,14-15H2,1-3H3,(H,23,29)(H,24,27)(H,25,28)/t16-/m0/s1. The van der Waals surface area contributed by atoms with Crippen LogP contribution in [0.15, 0.2) is 54.6 Å². The van der Waals surface area contributed by atoms with Crippen molar-refractivity contribution in [3.63, 3.8) is 0 Å². The molecule has 0 spiro atoms. The molecule has 7 heteroatoms. The molecular weight excluding hydrogens is 368 g/mol. The molecule has 29 heavy (non-hydrogen) atoms. The molecule has 7 nitrogen and oxygen atoms in total. The maximum atomic E-state index is 12.5. The maximum absolute atomic E-state index is 12.5. The van der Waals surface area contributed by atoms with Crippen LogP contribution in [0.1, 0.15) is 26.3 Å². The summed E-state index contributed by atoms with van der Waals surface area (Å²) in [7, 11) is 0. The van der Waals surface area contributed by atoms with Crippen molar-refractivity contribution < 1.29 is 14.4 Å². The van der Waals surface area contributed by atoms with Gasteiger partial charge in [-0.05, 0) is 43.3 Å². The van der Waals surface area contributed by atoms with Crippen LogP contribution in [-0.2, 0) is 20.9 Å². The Morgan fingerprint density at radius 2 is 1.52 bits per heavy atom. The summed E-state index contributed by atoms with van der Waals surface area (Å²) in [5.74, 6) is -0.482. The first-order chi connectivity index (χ1) is 13.9. The molecule has 0 aliphatic rings. The maximum Gasteiger partial charge on any atom is 0.238 e. The van der Waals surface area contributed by atoms with E-state index in [0.29, 0.717) is 24.5 Å². The molecule has 0 bridgehead atoms. The van der Waals surface area contributed by atoms with Gasteiger partial charge >= 0.3 is 0 Å². The molecule has 0 radical (unpaired) electrons. The number of rotatable bonds is 9. The molecule has 2 aromatic carbocycles. The number of amides is 3. The summed E-state index contributed by atoms with van der Waals surface area (Å²) in [6.07, 6.45) is 0. The SMILES string of the molecule is CCN(CC(=O)Nc1ccc(NC(C)=O)cc1)[C@@H](C)C(=O)NCc1ccccc1. The van der Waals surface area contributed by atoms with Gasteiger partial charge in [0, 0.05) is 24.8 Å². The molecular formula is C22H28N4O3. The number of likely N-dealkylation sites (N-methyl/N-ethyl adjacent to an activating group) is 1. The second kappa shape index (κ2) is 11.0. The van der Waals surface area contributed by atoms with E-state index >= 15 is 0 Å². The van der Waals surface area contributed by atoms with E-state index in [-0.39, 0.29) is 24.3 Å². The fourth-order valence-corrected chi connectivity index (χ4v) is 2.85. The van der Waals surface area contributed by atoms with Gasteiger partial charge in [0.1, 0.15) is 0 Å². The number of anilines is 2. The number of carbonyl (C=O) groups excluding carboxylic acids is 3. The Bertz CT molecular complexity index is 822. The highest BCUT2D eigenvalue weighted by molar-refractivity contribution is 5.93. The lowest BCUT2D eigenvalue weighted by Crippen LogP contribution is -2.47. The van der Waals surface area contributed by atoms with E-state index in [1.54, 1.807) is 36.1 Å². The van der Waals surface area contributed by atoms with E-state index in [2.05, 4.69) is 16.0 Å². The smallest absolute Gasteiger partial charge is 0.238 e. The topological polar surface area (TPSA) is 90.5 Å². The molecule has 0 heterocycles. The van der Waals surface area contributed by atoms with Gasteiger partial charge < -0.3 is 16.0 Å². The first-order valence-corrected chi connectivity index (χ1v) is 9.62. The van der Waals surface area contributed by atoms with E-state index in [9.17, 15) is 14.4 Å². The third-order valence-electron chi connectivity index (χ3n) is 4.48. The van der Waals surface area contributed by atoms with E-state index in [0.717, 1.165) is 5.56 Å². The quantitative estimate of drug-likeness (QED) is 0.608. The van der Waals surface area contributed by atoms with Gasteiger partial charge in [0.2, 0.25) is 17.7 Å². The van der Waals surface area contributed by atoms with Crippen molar-refractivity contribution in [1.82, 2.24) is 10.2 Å². The van der Waals surface area contributed by atoms with E-state index < -0.39 is 6.04 Å². The van der Waals surface area contributed by atoms with Gasteiger partial charge in [-0.15, -0.1) is 0 Å². The van der Waals surface area contributed by atoms with Crippen LogP contribution in [0.2, 0.25) is 0 Å². The Hall–Kier alpha value is -3.19. The lowest BCUT2D eigenvalue weighted by atomic mass is 10.2. The number of hydrogen-bond acceptors (Lipinski definition) is 4. The van der Waals surface area contributed by atoms with Gasteiger partial charge in [-0.1, -0.05) is 37.3 Å². The number of benzene rings is 2. The molecule has 154 valence electrons. The van der Waals surface area contributed by atoms with Crippen molar-refractivity contribution in [2.45, 2.75) is 33.4 Å². The summed E-state index contributed by atoms with van der Waals surface area (Å²) in [4.78, 5) is 37.7. The molecule has 3 N–H and O–H groups in total. The van der Waals surface area contributed by atoms with Crippen LogP contribution < -0.4 is 16.0 Å². The summed E-state index contributed by atoms with van der Waals surface area (Å²) in [5, 5.41) is 8.40. The average Bonchev–Trinajstić information content (AvgIpc) is 2.71. The molecule has 0 unspecified atom stereocenters. The summed E-state index contributed by atoms with van der Waals surface area (Å²) < 4.78 is 0. The highest BCUT2D eigenvalue weighted by atomic mass is 16.2. The van der Waals surface area contributed by atoms with E-state index in [4.69, 9.17) is 0 Å². The first-order valence-electron chi connectivity index (χ1n) is 9.62. The fraction of sp³-hybridized carbons (Fsp3) is 0.318. The van der Waals surface area contributed by atoms with Crippen molar-refractivity contribution in [2.75, 3.05) is 23.7 Å². The van der Waals surface area contributed by atoms with Gasteiger partial charge in [-0.2, -0.15) is 0 Å². The third-order valence-corrected chi connectivity index (χ3v) is 4.48. The normalized spacial score (nSPS) is 11.6. The molecule has 2 aromatic rings. The second-order valence-electron chi connectivity index (χ2n) is 6.75. The lowest BCUT2D eigenvalue weighted by molar-refractivity contribution is -0.127. The Kier molecular flexibility index (Phi) is 8.36. The van der Waals surface area contributed by atoms with Crippen LogP contribution >= 0.6 is 0 Å². The predicted molar refractivity (Wildman–Crippen MR) is 114 cm³/mol. The Labute approximate surface area is 171 Å². The molecule has 3 amide bonds. The average molecular weight is 396 g/mol. The predicted octanol–water partition coefficient (Wildman–Crippen LogP) is 2.61. The van der Waals surface area contributed by atoms with Crippen LogP contribution in [0.3, 0.4) is 0 Å². The highest BCUT2D eigenvalue weighted by Gasteiger charge is 2.22.